The molecule has 1 aromatic carbocycles. The van der Waals surface area contributed by atoms with E-state index in [1.807, 2.05) is 12.1 Å². The molecule has 21 heavy (non-hydrogen) atoms. The van der Waals surface area contributed by atoms with Crippen LogP contribution >= 0.6 is 0 Å². The zero-order valence-corrected chi connectivity index (χ0v) is 13.6. The van der Waals surface area contributed by atoms with Crippen LogP contribution in [0.3, 0.4) is 0 Å². The minimum absolute atomic E-state index is 0.0495. The highest BCUT2D eigenvalue weighted by molar-refractivity contribution is 7.89. The summed E-state index contributed by atoms with van der Waals surface area (Å²) in [5.74, 6) is 0.210. The smallest absolute Gasteiger partial charge is 0.211 e. The van der Waals surface area contributed by atoms with E-state index < -0.39 is 10.0 Å². The molecule has 118 valence electrons. The van der Waals surface area contributed by atoms with Gasteiger partial charge in [-0.3, -0.25) is 0 Å². The molecule has 2 N–H and O–H groups in total. The van der Waals surface area contributed by atoms with Gasteiger partial charge in [-0.1, -0.05) is 31.2 Å². The summed E-state index contributed by atoms with van der Waals surface area (Å²) in [5.41, 5.74) is 2.64. The summed E-state index contributed by atoms with van der Waals surface area (Å²) in [6, 6.07) is 8.36. The second-order valence-corrected chi connectivity index (χ2v) is 7.62. The van der Waals surface area contributed by atoms with Gasteiger partial charge in [0.2, 0.25) is 10.0 Å². The normalized spacial score (nSPS) is 18.4. The Morgan fingerprint density at radius 3 is 2.71 bits per heavy atom. The van der Waals surface area contributed by atoms with Crippen molar-refractivity contribution >= 4 is 10.0 Å². The summed E-state index contributed by atoms with van der Waals surface area (Å²) < 4.78 is 27.1. The van der Waals surface area contributed by atoms with Crippen molar-refractivity contribution in [1.82, 2.24) is 10.0 Å². The molecular weight excluding hydrogens is 284 g/mol. The molecule has 1 atom stereocenters. The van der Waals surface area contributed by atoms with E-state index in [-0.39, 0.29) is 11.8 Å². The Kier molecular flexibility index (Phi) is 6.21. The number of sulfonamides is 1. The summed E-state index contributed by atoms with van der Waals surface area (Å²) >= 11 is 0. The van der Waals surface area contributed by atoms with Gasteiger partial charge in [0.05, 0.1) is 5.75 Å². The van der Waals surface area contributed by atoms with Crippen LogP contribution in [0.15, 0.2) is 24.3 Å². The van der Waals surface area contributed by atoms with Crippen molar-refractivity contribution < 1.29 is 8.42 Å². The zero-order valence-electron chi connectivity index (χ0n) is 12.8. The lowest BCUT2D eigenvalue weighted by molar-refractivity contribution is 0.505. The lowest BCUT2D eigenvalue weighted by Gasteiger charge is -2.25. The summed E-state index contributed by atoms with van der Waals surface area (Å²) in [6.07, 6.45) is 4.40. The van der Waals surface area contributed by atoms with Gasteiger partial charge in [-0.15, -0.1) is 0 Å². The Labute approximate surface area is 128 Å². The number of nitrogens with one attached hydrogen (secondary N) is 2. The number of hydrogen-bond acceptors (Lipinski definition) is 3. The quantitative estimate of drug-likeness (QED) is 0.721. The van der Waals surface area contributed by atoms with E-state index in [2.05, 4.69) is 29.1 Å². The molecule has 0 fully saturated rings. The molecule has 0 amide bonds. The maximum absolute atomic E-state index is 12.1. The van der Waals surface area contributed by atoms with Crippen LogP contribution in [-0.2, 0) is 22.9 Å². The van der Waals surface area contributed by atoms with Crippen LogP contribution in [0.25, 0.3) is 0 Å². The van der Waals surface area contributed by atoms with Gasteiger partial charge in [0.15, 0.2) is 0 Å². The van der Waals surface area contributed by atoms with Gasteiger partial charge in [0.25, 0.3) is 0 Å². The second kappa shape index (κ2) is 7.92. The molecular formula is C16H26N2O2S. The Morgan fingerprint density at radius 2 is 1.95 bits per heavy atom. The molecule has 5 heteroatoms. The molecule has 1 unspecified atom stereocenters. The lowest BCUT2D eigenvalue weighted by atomic mass is 9.89. The highest BCUT2D eigenvalue weighted by Gasteiger charge is 2.22. The first kappa shape index (κ1) is 16.5. The molecule has 0 saturated heterocycles. The van der Waals surface area contributed by atoms with Gasteiger partial charge in [0.1, 0.15) is 0 Å². The predicted molar refractivity (Wildman–Crippen MR) is 87.0 cm³/mol. The minimum atomic E-state index is -3.16. The molecule has 0 spiro atoms. The molecule has 4 nitrogen and oxygen atoms in total. The fourth-order valence-corrected chi connectivity index (χ4v) is 4.15. The van der Waals surface area contributed by atoms with Gasteiger partial charge in [-0.05, 0) is 56.3 Å². The van der Waals surface area contributed by atoms with Crippen molar-refractivity contribution in [3.05, 3.63) is 35.4 Å². The van der Waals surface area contributed by atoms with Crippen molar-refractivity contribution in [3.63, 3.8) is 0 Å². The number of fused-ring (bicyclic) bond motifs is 1. The first-order chi connectivity index (χ1) is 10.1. The third kappa shape index (κ3) is 5.41. The van der Waals surface area contributed by atoms with Crippen LogP contribution in [-0.4, -0.2) is 33.3 Å². The van der Waals surface area contributed by atoms with Gasteiger partial charge in [-0.2, -0.15) is 0 Å². The topological polar surface area (TPSA) is 58.2 Å². The highest BCUT2D eigenvalue weighted by atomic mass is 32.2. The largest absolute Gasteiger partial charge is 0.317 e. The van der Waals surface area contributed by atoms with Crippen LogP contribution in [0.4, 0.5) is 0 Å². The van der Waals surface area contributed by atoms with E-state index in [0.717, 1.165) is 38.8 Å². The van der Waals surface area contributed by atoms with Crippen LogP contribution in [0.2, 0.25) is 0 Å². The molecule has 1 aromatic rings. The van der Waals surface area contributed by atoms with E-state index in [9.17, 15) is 8.42 Å². The number of benzene rings is 1. The van der Waals surface area contributed by atoms with Crippen molar-refractivity contribution in [2.24, 2.45) is 0 Å². The summed E-state index contributed by atoms with van der Waals surface area (Å²) in [4.78, 5) is 0. The third-order valence-corrected chi connectivity index (χ3v) is 5.41. The summed E-state index contributed by atoms with van der Waals surface area (Å²) in [5, 5.41) is 3.23. The van der Waals surface area contributed by atoms with Crippen LogP contribution < -0.4 is 10.0 Å². The molecule has 0 radical (unpaired) electrons. The first-order valence-corrected chi connectivity index (χ1v) is 9.53. The minimum Gasteiger partial charge on any atom is -0.317 e. The first-order valence-electron chi connectivity index (χ1n) is 7.88. The Bertz CT molecular complexity index is 543. The van der Waals surface area contributed by atoms with Crippen molar-refractivity contribution in [3.8, 4) is 0 Å². The van der Waals surface area contributed by atoms with Crippen LogP contribution in [0.1, 0.15) is 37.3 Å². The molecule has 1 aliphatic carbocycles. The fraction of sp³-hybridized carbons (Fsp3) is 0.625. The molecule has 0 heterocycles. The average Bonchev–Trinajstić information content (AvgIpc) is 2.46. The Balaban J connectivity index is 1.79. The van der Waals surface area contributed by atoms with Gasteiger partial charge in [0, 0.05) is 6.04 Å². The highest BCUT2D eigenvalue weighted by Crippen LogP contribution is 2.21. The molecule has 0 saturated carbocycles. The van der Waals surface area contributed by atoms with Crippen LogP contribution in [0.5, 0.6) is 0 Å². The van der Waals surface area contributed by atoms with Gasteiger partial charge in [-0.25, -0.2) is 13.1 Å². The molecule has 0 aromatic heterocycles. The van der Waals surface area contributed by atoms with E-state index >= 15 is 0 Å². The molecule has 1 aliphatic rings. The Hall–Kier alpha value is -0.910. The number of rotatable bonds is 8. The summed E-state index contributed by atoms with van der Waals surface area (Å²) in [7, 11) is -3.16. The standard InChI is InChI=1S/C16H26N2O2S/c1-2-10-17-11-5-12-21(19,20)18-16-9-8-14-6-3-4-7-15(14)13-16/h3-4,6-7,16-18H,2,5,8-13H2,1H3. The maximum Gasteiger partial charge on any atom is 0.211 e. The van der Waals surface area contributed by atoms with Crippen molar-refractivity contribution in [2.45, 2.75) is 45.1 Å². The summed E-state index contributed by atoms with van der Waals surface area (Å²) in [6.45, 7) is 3.82. The van der Waals surface area contributed by atoms with Gasteiger partial charge < -0.3 is 5.32 Å². The predicted octanol–water partition coefficient (Wildman–Crippen LogP) is 1.85. The Morgan fingerprint density at radius 1 is 1.19 bits per heavy atom. The molecule has 0 bridgehead atoms. The van der Waals surface area contributed by atoms with E-state index in [1.165, 1.54) is 11.1 Å². The van der Waals surface area contributed by atoms with Crippen LogP contribution in [0, 0.1) is 0 Å². The zero-order chi connectivity index (χ0) is 15.1. The number of hydrogen-bond donors (Lipinski definition) is 2. The molecule has 2 rings (SSSR count). The van der Waals surface area contributed by atoms with E-state index in [0.29, 0.717) is 6.42 Å². The van der Waals surface area contributed by atoms with Gasteiger partial charge >= 0.3 is 0 Å². The van der Waals surface area contributed by atoms with E-state index in [4.69, 9.17) is 0 Å². The van der Waals surface area contributed by atoms with Crippen molar-refractivity contribution in [2.75, 3.05) is 18.8 Å². The molecule has 0 aliphatic heterocycles. The van der Waals surface area contributed by atoms with Crippen molar-refractivity contribution in [1.29, 1.82) is 0 Å². The fourth-order valence-electron chi connectivity index (χ4n) is 2.80. The lowest BCUT2D eigenvalue weighted by Crippen LogP contribution is -2.40. The third-order valence-electron chi connectivity index (χ3n) is 3.89. The maximum atomic E-state index is 12.1. The van der Waals surface area contributed by atoms with E-state index in [1.54, 1.807) is 0 Å². The monoisotopic (exact) mass is 310 g/mol. The SMILES string of the molecule is CCCNCCCS(=O)(=O)NC1CCc2ccccc2C1. The number of aryl methyl sites for hydroxylation is 1. The second-order valence-electron chi connectivity index (χ2n) is 5.75. The average molecular weight is 310 g/mol.